The van der Waals surface area contributed by atoms with E-state index in [1.165, 1.54) is 0 Å². The minimum Gasteiger partial charge on any atom is -0.401 e. The van der Waals surface area contributed by atoms with Gasteiger partial charge in [0.15, 0.2) is 0 Å². The Kier molecular flexibility index (Phi) is 3.11. The van der Waals surface area contributed by atoms with Crippen molar-refractivity contribution in [3.8, 4) is 0 Å². The SMILES string of the molecule is O=C1O[C@@](Cl)(c2ccccc2)[C@@](Cl)(c2ccccc2)O1. The number of cyclic esters (lactones) is 2. The third kappa shape index (κ3) is 1.86. The van der Waals surface area contributed by atoms with Crippen molar-refractivity contribution in [3.63, 3.8) is 0 Å². The van der Waals surface area contributed by atoms with Gasteiger partial charge in [0, 0.05) is 11.1 Å². The van der Waals surface area contributed by atoms with Gasteiger partial charge >= 0.3 is 6.16 Å². The highest BCUT2D eigenvalue weighted by atomic mass is 35.5. The molecule has 5 heteroatoms. The molecule has 1 aliphatic heterocycles. The molecule has 1 aliphatic rings. The van der Waals surface area contributed by atoms with Crippen molar-refractivity contribution in [3.05, 3.63) is 71.8 Å². The summed E-state index contributed by atoms with van der Waals surface area (Å²) in [6.07, 6.45) is -0.900. The van der Waals surface area contributed by atoms with Crippen molar-refractivity contribution in [1.82, 2.24) is 0 Å². The number of hydrogen-bond acceptors (Lipinski definition) is 3. The van der Waals surface area contributed by atoms with E-state index in [0.717, 1.165) is 0 Å². The summed E-state index contributed by atoms with van der Waals surface area (Å²) in [6, 6.07) is 17.7. The van der Waals surface area contributed by atoms with Crippen molar-refractivity contribution in [2.45, 2.75) is 10.1 Å². The Morgan fingerprint density at radius 1 is 0.700 bits per heavy atom. The fourth-order valence-corrected chi connectivity index (χ4v) is 2.85. The zero-order valence-electron chi connectivity index (χ0n) is 10.3. The summed E-state index contributed by atoms with van der Waals surface area (Å²) in [5.74, 6) is 0. The van der Waals surface area contributed by atoms with Crippen LogP contribution < -0.4 is 0 Å². The van der Waals surface area contributed by atoms with E-state index in [2.05, 4.69) is 0 Å². The Morgan fingerprint density at radius 2 is 1.05 bits per heavy atom. The second-order valence-corrected chi connectivity index (χ2v) is 5.44. The summed E-state index contributed by atoms with van der Waals surface area (Å²) in [6.45, 7) is 0. The Hall–Kier alpha value is -1.71. The lowest BCUT2D eigenvalue weighted by molar-refractivity contribution is 0.0778. The first-order valence-electron chi connectivity index (χ1n) is 5.97. The molecule has 0 aromatic heterocycles. The molecule has 0 N–H and O–H groups in total. The molecule has 2 aromatic rings. The van der Waals surface area contributed by atoms with Crippen molar-refractivity contribution < 1.29 is 14.3 Å². The van der Waals surface area contributed by atoms with Gasteiger partial charge in [0.1, 0.15) is 0 Å². The van der Waals surface area contributed by atoms with Gasteiger partial charge in [-0.3, -0.25) is 0 Å². The topological polar surface area (TPSA) is 35.5 Å². The molecule has 2 aromatic carbocycles. The van der Waals surface area contributed by atoms with Gasteiger partial charge in [-0.1, -0.05) is 83.9 Å². The summed E-state index contributed by atoms with van der Waals surface area (Å²) in [5, 5.41) is -3.23. The minimum absolute atomic E-state index is 0.548. The van der Waals surface area contributed by atoms with Gasteiger partial charge in [-0.2, -0.15) is 0 Å². The minimum atomic E-state index is -1.62. The molecule has 2 atom stereocenters. The molecule has 3 rings (SSSR count). The largest absolute Gasteiger partial charge is 0.512 e. The highest BCUT2D eigenvalue weighted by Crippen LogP contribution is 2.56. The fourth-order valence-electron chi connectivity index (χ4n) is 2.18. The van der Waals surface area contributed by atoms with E-state index < -0.39 is 16.3 Å². The van der Waals surface area contributed by atoms with E-state index in [-0.39, 0.29) is 0 Å². The zero-order chi connectivity index (χ0) is 14.2. The Bertz CT molecular complexity index is 577. The maximum atomic E-state index is 11.6. The Balaban J connectivity index is 2.16. The van der Waals surface area contributed by atoms with Crippen LogP contribution in [0, 0.1) is 0 Å². The number of carbonyl (C=O) groups excluding carboxylic acids is 1. The first kappa shape index (κ1) is 13.3. The maximum Gasteiger partial charge on any atom is 0.512 e. The van der Waals surface area contributed by atoms with Gasteiger partial charge in [0.2, 0.25) is 0 Å². The molecule has 0 amide bonds. The molecular formula is C15H10Cl2O3. The summed E-state index contributed by atoms with van der Waals surface area (Å²) >= 11 is 13.1. The van der Waals surface area contributed by atoms with E-state index in [9.17, 15) is 4.79 Å². The first-order valence-corrected chi connectivity index (χ1v) is 6.73. The quantitative estimate of drug-likeness (QED) is 0.611. The van der Waals surface area contributed by atoms with Crippen LogP contribution in [0.15, 0.2) is 60.7 Å². The van der Waals surface area contributed by atoms with Crippen LogP contribution in [0.5, 0.6) is 0 Å². The number of alkyl halides is 2. The van der Waals surface area contributed by atoms with Crippen molar-refractivity contribution in [2.24, 2.45) is 0 Å². The van der Waals surface area contributed by atoms with Crippen LogP contribution in [0.2, 0.25) is 0 Å². The summed E-state index contributed by atoms with van der Waals surface area (Å²) in [7, 11) is 0. The predicted octanol–water partition coefficient (Wildman–Crippen LogP) is 4.34. The monoisotopic (exact) mass is 308 g/mol. The first-order chi connectivity index (χ1) is 9.56. The molecule has 1 saturated heterocycles. The van der Waals surface area contributed by atoms with Crippen LogP contribution in [0.3, 0.4) is 0 Å². The van der Waals surface area contributed by atoms with Crippen molar-refractivity contribution >= 4 is 29.4 Å². The van der Waals surface area contributed by atoms with Crippen LogP contribution in [0.1, 0.15) is 11.1 Å². The molecule has 1 heterocycles. The fraction of sp³-hybridized carbons (Fsp3) is 0.133. The third-order valence-corrected chi connectivity index (χ3v) is 4.37. The second-order valence-electron chi connectivity index (χ2n) is 4.38. The highest BCUT2D eigenvalue weighted by Gasteiger charge is 2.64. The van der Waals surface area contributed by atoms with E-state index in [1.807, 2.05) is 12.1 Å². The van der Waals surface area contributed by atoms with Crippen LogP contribution >= 0.6 is 23.2 Å². The van der Waals surface area contributed by atoms with Gasteiger partial charge in [-0.15, -0.1) is 0 Å². The average Bonchev–Trinajstić information content (AvgIpc) is 2.72. The van der Waals surface area contributed by atoms with Crippen LogP contribution in [0.4, 0.5) is 4.79 Å². The molecule has 0 radical (unpaired) electrons. The maximum absolute atomic E-state index is 11.6. The number of benzene rings is 2. The smallest absolute Gasteiger partial charge is 0.401 e. The number of ether oxygens (including phenoxy) is 2. The van der Waals surface area contributed by atoms with E-state index >= 15 is 0 Å². The van der Waals surface area contributed by atoms with Gasteiger partial charge in [-0.25, -0.2) is 4.79 Å². The van der Waals surface area contributed by atoms with Gasteiger partial charge in [0.05, 0.1) is 0 Å². The molecule has 0 bridgehead atoms. The van der Waals surface area contributed by atoms with Crippen LogP contribution in [-0.2, 0) is 19.6 Å². The number of rotatable bonds is 2. The lowest BCUT2D eigenvalue weighted by Gasteiger charge is -2.31. The molecule has 3 nitrogen and oxygen atoms in total. The van der Waals surface area contributed by atoms with E-state index in [0.29, 0.717) is 11.1 Å². The molecule has 0 aliphatic carbocycles. The second kappa shape index (κ2) is 4.69. The molecule has 102 valence electrons. The number of hydrogen-bond donors (Lipinski definition) is 0. The Morgan fingerprint density at radius 3 is 1.40 bits per heavy atom. The molecule has 0 saturated carbocycles. The zero-order valence-corrected chi connectivity index (χ0v) is 11.8. The number of halogens is 2. The molecular weight excluding hydrogens is 299 g/mol. The van der Waals surface area contributed by atoms with Crippen molar-refractivity contribution in [1.29, 1.82) is 0 Å². The van der Waals surface area contributed by atoms with Crippen molar-refractivity contribution in [2.75, 3.05) is 0 Å². The van der Waals surface area contributed by atoms with Gasteiger partial charge in [0.25, 0.3) is 10.1 Å². The molecule has 0 spiro atoms. The standard InChI is InChI=1S/C15H10Cl2O3/c16-14(11-7-3-1-4-8-11)15(17,20-13(18)19-14)12-9-5-2-6-10-12/h1-10H/t14-,15+. The lowest BCUT2D eigenvalue weighted by Crippen LogP contribution is -2.38. The summed E-state index contributed by atoms with van der Waals surface area (Å²) < 4.78 is 10.4. The summed E-state index contributed by atoms with van der Waals surface area (Å²) in [4.78, 5) is 11.6. The predicted molar refractivity (Wildman–Crippen MR) is 75.5 cm³/mol. The molecule has 1 fully saturated rings. The van der Waals surface area contributed by atoms with Gasteiger partial charge in [-0.05, 0) is 0 Å². The summed E-state index contributed by atoms with van der Waals surface area (Å²) in [5.41, 5.74) is 1.10. The highest BCUT2D eigenvalue weighted by molar-refractivity contribution is 6.34. The molecule has 20 heavy (non-hydrogen) atoms. The normalized spacial score (nSPS) is 28.8. The Labute approximate surface area is 126 Å². The third-order valence-electron chi connectivity index (χ3n) is 3.15. The van der Waals surface area contributed by atoms with Gasteiger partial charge < -0.3 is 9.47 Å². The lowest BCUT2D eigenvalue weighted by atomic mass is 9.97. The average molecular weight is 309 g/mol. The van der Waals surface area contributed by atoms with E-state index in [4.69, 9.17) is 32.7 Å². The van der Waals surface area contributed by atoms with E-state index in [1.54, 1.807) is 48.5 Å². The van der Waals surface area contributed by atoms with Crippen LogP contribution in [0.25, 0.3) is 0 Å². The number of carbonyl (C=O) groups is 1. The molecule has 0 unspecified atom stereocenters. The van der Waals surface area contributed by atoms with Crippen LogP contribution in [-0.4, -0.2) is 6.16 Å².